The van der Waals surface area contributed by atoms with Crippen molar-refractivity contribution in [3.05, 3.63) is 88.3 Å². The number of anilines is 2. The van der Waals surface area contributed by atoms with Crippen LogP contribution < -0.4 is 10.6 Å². The molecule has 2 heterocycles. The third-order valence-electron chi connectivity index (χ3n) is 4.51. The number of carbonyl (C=O) groups excluding carboxylic acids is 1. The summed E-state index contributed by atoms with van der Waals surface area (Å²) in [5.74, 6) is 0.486. The molecule has 6 nitrogen and oxygen atoms in total. The van der Waals surface area contributed by atoms with Gasteiger partial charge in [-0.05, 0) is 35.9 Å². The number of benzene rings is 2. The fraction of sp³-hybridized carbons (Fsp3) is 0.0909. The van der Waals surface area contributed by atoms with Crippen LogP contribution in [0.5, 0.6) is 0 Å². The molecule has 2 N–H and O–H groups in total. The van der Waals surface area contributed by atoms with Gasteiger partial charge in [0.15, 0.2) is 5.82 Å². The second-order valence-corrected chi connectivity index (χ2v) is 7.40. The Morgan fingerprint density at radius 1 is 1.00 bits per heavy atom. The number of nitrogens with zero attached hydrogens (tertiary/aromatic N) is 3. The second-order valence-electron chi connectivity index (χ2n) is 6.48. The highest BCUT2D eigenvalue weighted by Crippen LogP contribution is 2.27. The lowest BCUT2D eigenvalue weighted by molar-refractivity contribution is 0.0958. The molecule has 0 bridgehead atoms. The molecule has 2 aromatic carbocycles. The molecule has 4 aromatic rings. The molecule has 144 valence electrons. The fourth-order valence-electron chi connectivity index (χ4n) is 3.12. The molecular formula is C22H18BrN5O. The molecule has 29 heavy (non-hydrogen) atoms. The average molecular weight is 448 g/mol. The molecule has 4 rings (SSSR count). The van der Waals surface area contributed by atoms with E-state index in [1.807, 2.05) is 54.6 Å². The van der Waals surface area contributed by atoms with Crippen molar-refractivity contribution in [1.82, 2.24) is 20.5 Å². The largest absolute Gasteiger partial charge is 0.354 e. The monoisotopic (exact) mass is 447 g/mol. The van der Waals surface area contributed by atoms with Crippen molar-refractivity contribution in [1.29, 1.82) is 0 Å². The first-order chi connectivity index (χ1) is 14.1. The first-order valence-corrected chi connectivity index (χ1v) is 9.87. The number of rotatable bonds is 5. The lowest BCUT2D eigenvalue weighted by Gasteiger charge is -2.11. The fourth-order valence-corrected chi connectivity index (χ4v) is 3.51. The molecule has 0 fully saturated rings. The van der Waals surface area contributed by atoms with Crippen LogP contribution in [0.15, 0.2) is 71.3 Å². The Kier molecular flexibility index (Phi) is 5.48. The van der Waals surface area contributed by atoms with E-state index in [-0.39, 0.29) is 5.91 Å². The summed E-state index contributed by atoms with van der Waals surface area (Å²) >= 11 is 3.49. The van der Waals surface area contributed by atoms with Gasteiger partial charge in [0.2, 0.25) is 0 Å². The number of halogens is 1. The smallest absolute Gasteiger partial charge is 0.269 e. The van der Waals surface area contributed by atoms with Crippen LogP contribution in [-0.2, 0) is 6.42 Å². The maximum Gasteiger partial charge on any atom is 0.269 e. The van der Waals surface area contributed by atoms with E-state index in [0.29, 0.717) is 17.9 Å². The van der Waals surface area contributed by atoms with Crippen LogP contribution in [0.1, 0.15) is 21.7 Å². The minimum atomic E-state index is -0.212. The Morgan fingerprint density at radius 3 is 2.62 bits per heavy atom. The molecule has 0 saturated carbocycles. The van der Waals surface area contributed by atoms with Crippen LogP contribution in [0.3, 0.4) is 0 Å². The van der Waals surface area contributed by atoms with Gasteiger partial charge in [0.25, 0.3) is 5.91 Å². The van der Waals surface area contributed by atoms with Crippen molar-refractivity contribution < 1.29 is 4.79 Å². The Hall–Kier alpha value is -3.32. The average Bonchev–Trinajstić information content (AvgIpc) is 2.75. The molecule has 7 heteroatoms. The van der Waals surface area contributed by atoms with Gasteiger partial charge in [-0.15, -0.1) is 5.10 Å². The minimum Gasteiger partial charge on any atom is -0.354 e. The number of pyridine rings is 1. The summed E-state index contributed by atoms with van der Waals surface area (Å²) in [7, 11) is 1.59. The van der Waals surface area contributed by atoms with E-state index in [1.165, 1.54) is 0 Å². The normalized spacial score (nSPS) is 10.7. The van der Waals surface area contributed by atoms with Gasteiger partial charge in [-0.25, -0.2) is 0 Å². The molecule has 0 aliphatic carbocycles. The van der Waals surface area contributed by atoms with Crippen molar-refractivity contribution in [3.63, 3.8) is 0 Å². The molecule has 0 unspecified atom stereocenters. The quantitative estimate of drug-likeness (QED) is 0.471. The lowest BCUT2D eigenvalue weighted by Crippen LogP contribution is -2.19. The van der Waals surface area contributed by atoms with Crippen molar-refractivity contribution in [2.75, 3.05) is 12.4 Å². The second kappa shape index (κ2) is 8.36. The van der Waals surface area contributed by atoms with Crippen molar-refractivity contribution in [3.8, 4) is 0 Å². The standard InChI is InChI=1S/C22H18BrN5O/c1-24-22(29)20-12-14(9-10-25-20)11-19-17-7-2-3-8-18(17)21(28-27-19)26-16-6-4-5-15(23)13-16/h2-10,12-13H,11H2,1H3,(H,24,29)(H,26,28). The molecular weight excluding hydrogens is 430 g/mol. The van der Waals surface area contributed by atoms with E-state index in [9.17, 15) is 4.79 Å². The van der Waals surface area contributed by atoms with Crippen LogP contribution in [-0.4, -0.2) is 28.1 Å². The maximum atomic E-state index is 11.9. The van der Waals surface area contributed by atoms with Gasteiger partial charge in [-0.1, -0.05) is 46.3 Å². The van der Waals surface area contributed by atoms with Crippen molar-refractivity contribution in [2.24, 2.45) is 0 Å². The number of hydrogen-bond donors (Lipinski definition) is 2. The highest BCUT2D eigenvalue weighted by molar-refractivity contribution is 9.10. The third kappa shape index (κ3) is 4.25. The van der Waals surface area contributed by atoms with E-state index in [4.69, 9.17) is 0 Å². The molecule has 2 aromatic heterocycles. The van der Waals surface area contributed by atoms with Crippen LogP contribution >= 0.6 is 15.9 Å². The Morgan fingerprint density at radius 2 is 1.83 bits per heavy atom. The molecule has 0 atom stereocenters. The van der Waals surface area contributed by atoms with Gasteiger partial charge >= 0.3 is 0 Å². The predicted octanol–water partition coefficient (Wildman–Crippen LogP) is 4.48. The zero-order valence-electron chi connectivity index (χ0n) is 15.7. The predicted molar refractivity (Wildman–Crippen MR) is 117 cm³/mol. The Bertz CT molecular complexity index is 1190. The van der Waals surface area contributed by atoms with Gasteiger partial charge in [0.1, 0.15) is 5.69 Å². The molecule has 0 radical (unpaired) electrons. The number of aromatic nitrogens is 3. The first kappa shape index (κ1) is 19.0. The summed E-state index contributed by atoms with van der Waals surface area (Å²) in [4.78, 5) is 16.0. The van der Waals surface area contributed by atoms with E-state index >= 15 is 0 Å². The number of amides is 1. The Balaban J connectivity index is 1.69. The minimum absolute atomic E-state index is 0.212. The molecule has 0 aliphatic rings. The van der Waals surface area contributed by atoms with Gasteiger partial charge in [0, 0.05) is 40.6 Å². The molecule has 0 saturated heterocycles. The van der Waals surface area contributed by atoms with Crippen LogP contribution in [0.25, 0.3) is 10.8 Å². The van der Waals surface area contributed by atoms with Crippen molar-refractivity contribution >= 4 is 44.1 Å². The summed E-state index contributed by atoms with van der Waals surface area (Å²) in [6, 6.07) is 19.6. The SMILES string of the molecule is CNC(=O)c1cc(Cc2nnc(Nc3cccc(Br)c3)c3ccccc23)ccn1. The van der Waals surface area contributed by atoms with Gasteiger partial charge in [-0.3, -0.25) is 9.78 Å². The number of carbonyl (C=O) groups is 1. The number of fused-ring (bicyclic) bond motifs is 1. The number of hydrogen-bond acceptors (Lipinski definition) is 5. The maximum absolute atomic E-state index is 11.9. The zero-order chi connectivity index (χ0) is 20.2. The van der Waals surface area contributed by atoms with Gasteiger partial charge in [0.05, 0.1) is 5.69 Å². The topological polar surface area (TPSA) is 79.8 Å². The first-order valence-electron chi connectivity index (χ1n) is 9.08. The van der Waals surface area contributed by atoms with Gasteiger partial charge in [-0.2, -0.15) is 5.10 Å². The molecule has 0 spiro atoms. The summed E-state index contributed by atoms with van der Waals surface area (Å²) < 4.78 is 0.987. The Labute approximate surface area is 176 Å². The third-order valence-corrected chi connectivity index (χ3v) is 5.00. The van der Waals surface area contributed by atoms with E-state index in [2.05, 4.69) is 41.7 Å². The summed E-state index contributed by atoms with van der Waals surface area (Å²) in [6.45, 7) is 0. The van der Waals surface area contributed by atoms with Crippen LogP contribution in [0.2, 0.25) is 0 Å². The summed E-state index contributed by atoms with van der Waals surface area (Å²) in [6.07, 6.45) is 2.19. The molecule has 0 aliphatic heterocycles. The lowest BCUT2D eigenvalue weighted by atomic mass is 10.0. The molecule has 1 amide bonds. The van der Waals surface area contributed by atoms with Crippen LogP contribution in [0.4, 0.5) is 11.5 Å². The highest BCUT2D eigenvalue weighted by atomic mass is 79.9. The summed E-state index contributed by atoms with van der Waals surface area (Å²) in [5.41, 5.74) is 3.10. The van der Waals surface area contributed by atoms with E-state index < -0.39 is 0 Å². The van der Waals surface area contributed by atoms with Gasteiger partial charge < -0.3 is 10.6 Å². The van der Waals surface area contributed by atoms with Crippen LogP contribution in [0, 0.1) is 0 Å². The zero-order valence-corrected chi connectivity index (χ0v) is 17.3. The van der Waals surface area contributed by atoms with Crippen molar-refractivity contribution in [2.45, 2.75) is 6.42 Å². The van der Waals surface area contributed by atoms with E-state index in [1.54, 1.807) is 19.3 Å². The number of nitrogens with one attached hydrogen (secondary N) is 2. The summed E-state index contributed by atoms with van der Waals surface area (Å²) in [5, 5.41) is 16.8. The van der Waals surface area contributed by atoms with E-state index in [0.717, 1.165) is 32.2 Å². The highest BCUT2D eigenvalue weighted by Gasteiger charge is 2.12.